The second-order valence-electron chi connectivity index (χ2n) is 3.70. The van der Waals surface area contributed by atoms with Gasteiger partial charge in [-0.2, -0.15) is 0 Å². The SMILES string of the molecule is O=CC/C=C/CN1CCc2ccccc21. The molecule has 1 aromatic carbocycles. The average Bonchev–Trinajstić information content (AvgIpc) is 2.68. The number of aldehydes is 1. The molecular formula is C13H15NO. The third kappa shape index (κ3) is 2.27. The molecule has 1 aliphatic rings. The van der Waals surface area contributed by atoms with Gasteiger partial charge in [0.2, 0.25) is 0 Å². The van der Waals surface area contributed by atoms with Crippen molar-refractivity contribution >= 4 is 12.0 Å². The maximum absolute atomic E-state index is 10.1. The van der Waals surface area contributed by atoms with E-state index in [4.69, 9.17) is 0 Å². The molecular weight excluding hydrogens is 186 g/mol. The minimum Gasteiger partial charge on any atom is -0.367 e. The standard InChI is InChI=1S/C13H15NO/c15-11-5-1-4-9-14-10-8-12-6-2-3-7-13(12)14/h1-4,6-7,11H,5,8-10H2/b4-1+. The van der Waals surface area contributed by atoms with Gasteiger partial charge in [-0.25, -0.2) is 0 Å². The van der Waals surface area contributed by atoms with Crippen molar-refractivity contribution in [3.63, 3.8) is 0 Å². The molecule has 78 valence electrons. The number of anilines is 1. The summed E-state index contributed by atoms with van der Waals surface area (Å²) in [6.07, 6.45) is 6.58. The molecule has 1 aliphatic heterocycles. The number of nitrogens with zero attached hydrogens (tertiary/aromatic N) is 1. The molecule has 2 heteroatoms. The van der Waals surface area contributed by atoms with Gasteiger partial charge in [0.25, 0.3) is 0 Å². The quantitative estimate of drug-likeness (QED) is 0.550. The smallest absolute Gasteiger partial charge is 0.123 e. The lowest BCUT2D eigenvalue weighted by molar-refractivity contribution is -0.107. The van der Waals surface area contributed by atoms with Crippen LogP contribution in [0.4, 0.5) is 5.69 Å². The third-order valence-electron chi connectivity index (χ3n) is 2.71. The molecule has 0 aliphatic carbocycles. The number of allylic oxidation sites excluding steroid dienone is 1. The fraction of sp³-hybridized carbons (Fsp3) is 0.308. The molecule has 1 aromatic rings. The predicted molar refractivity (Wildman–Crippen MR) is 62.2 cm³/mol. The van der Waals surface area contributed by atoms with Crippen molar-refractivity contribution in [1.29, 1.82) is 0 Å². The van der Waals surface area contributed by atoms with E-state index in [9.17, 15) is 4.79 Å². The Hall–Kier alpha value is -1.57. The summed E-state index contributed by atoms with van der Waals surface area (Å²) in [7, 11) is 0. The molecule has 0 N–H and O–H groups in total. The zero-order valence-corrected chi connectivity index (χ0v) is 8.73. The summed E-state index contributed by atoms with van der Waals surface area (Å²) in [4.78, 5) is 12.5. The molecule has 0 saturated heterocycles. The Morgan fingerprint density at radius 2 is 2.13 bits per heavy atom. The first kappa shape index (κ1) is 9.97. The number of benzene rings is 1. The Morgan fingerprint density at radius 3 is 3.00 bits per heavy atom. The van der Waals surface area contributed by atoms with Crippen LogP contribution >= 0.6 is 0 Å². The highest BCUT2D eigenvalue weighted by Crippen LogP contribution is 2.26. The largest absolute Gasteiger partial charge is 0.367 e. The molecule has 0 atom stereocenters. The maximum atomic E-state index is 10.1. The first-order valence-corrected chi connectivity index (χ1v) is 5.33. The first-order valence-electron chi connectivity index (χ1n) is 5.33. The van der Waals surface area contributed by atoms with Crippen LogP contribution in [0.1, 0.15) is 12.0 Å². The third-order valence-corrected chi connectivity index (χ3v) is 2.71. The van der Waals surface area contributed by atoms with Crippen molar-refractivity contribution in [2.75, 3.05) is 18.0 Å². The summed E-state index contributed by atoms with van der Waals surface area (Å²) < 4.78 is 0. The van der Waals surface area contributed by atoms with E-state index in [1.54, 1.807) is 0 Å². The zero-order chi connectivity index (χ0) is 10.5. The van der Waals surface area contributed by atoms with Crippen molar-refractivity contribution in [2.24, 2.45) is 0 Å². The van der Waals surface area contributed by atoms with E-state index < -0.39 is 0 Å². The van der Waals surface area contributed by atoms with Crippen molar-refractivity contribution in [2.45, 2.75) is 12.8 Å². The van der Waals surface area contributed by atoms with Crippen LogP contribution in [0, 0.1) is 0 Å². The predicted octanol–water partition coefficient (Wildman–Crippen LogP) is 2.19. The number of fused-ring (bicyclic) bond motifs is 1. The van der Waals surface area contributed by atoms with Gasteiger partial charge in [-0.15, -0.1) is 0 Å². The van der Waals surface area contributed by atoms with Crippen LogP contribution in [0.2, 0.25) is 0 Å². The number of hydrogen-bond donors (Lipinski definition) is 0. The van der Waals surface area contributed by atoms with Gasteiger partial charge >= 0.3 is 0 Å². The monoisotopic (exact) mass is 201 g/mol. The topological polar surface area (TPSA) is 20.3 Å². The molecule has 1 heterocycles. The fourth-order valence-electron chi connectivity index (χ4n) is 1.95. The maximum Gasteiger partial charge on any atom is 0.123 e. The Labute approximate surface area is 90.2 Å². The lowest BCUT2D eigenvalue weighted by Gasteiger charge is -2.16. The zero-order valence-electron chi connectivity index (χ0n) is 8.73. The molecule has 2 nitrogen and oxygen atoms in total. The minimum atomic E-state index is 0.523. The summed E-state index contributed by atoms with van der Waals surface area (Å²) in [5.41, 5.74) is 2.77. The normalized spacial score (nSPS) is 14.5. The summed E-state index contributed by atoms with van der Waals surface area (Å²) in [6.45, 7) is 2.00. The van der Waals surface area contributed by atoms with Gasteiger partial charge in [-0.3, -0.25) is 0 Å². The molecule has 0 bridgehead atoms. The molecule has 0 saturated carbocycles. The van der Waals surface area contributed by atoms with Crippen molar-refractivity contribution in [3.8, 4) is 0 Å². The fourth-order valence-corrected chi connectivity index (χ4v) is 1.95. The van der Waals surface area contributed by atoms with E-state index in [1.807, 2.05) is 6.08 Å². The van der Waals surface area contributed by atoms with Gasteiger partial charge in [-0.05, 0) is 18.1 Å². The number of para-hydroxylation sites is 1. The average molecular weight is 201 g/mol. The molecule has 0 spiro atoms. The Morgan fingerprint density at radius 1 is 1.27 bits per heavy atom. The highest BCUT2D eigenvalue weighted by atomic mass is 16.1. The van der Waals surface area contributed by atoms with Crippen molar-refractivity contribution in [1.82, 2.24) is 0 Å². The second kappa shape index (κ2) is 4.78. The van der Waals surface area contributed by atoms with Crippen LogP contribution in [-0.2, 0) is 11.2 Å². The van der Waals surface area contributed by atoms with E-state index in [-0.39, 0.29) is 0 Å². The van der Waals surface area contributed by atoms with Gasteiger partial charge in [0.15, 0.2) is 0 Å². The Balaban J connectivity index is 1.98. The van der Waals surface area contributed by atoms with Gasteiger partial charge < -0.3 is 9.69 Å². The number of carbonyl (C=O) groups excluding carboxylic acids is 1. The van der Waals surface area contributed by atoms with E-state index in [2.05, 4.69) is 35.2 Å². The molecule has 0 unspecified atom stereocenters. The van der Waals surface area contributed by atoms with Gasteiger partial charge in [-0.1, -0.05) is 30.4 Å². The van der Waals surface area contributed by atoms with Gasteiger partial charge in [0.05, 0.1) is 0 Å². The lowest BCUT2D eigenvalue weighted by atomic mass is 10.2. The van der Waals surface area contributed by atoms with Gasteiger partial charge in [0, 0.05) is 25.2 Å². The Bertz CT molecular complexity index is 371. The van der Waals surface area contributed by atoms with Crippen LogP contribution < -0.4 is 4.90 Å². The molecule has 2 rings (SSSR count). The lowest BCUT2D eigenvalue weighted by Crippen LogP contribution is -2.19. The van der Waals surface area contributed by atoms with Crippen LogP contribution in [0.15, 0.2) is 36.4 Å². The first-order chi connectivity index (χ1) is 7.42. The van der Waals surface area contributed by atoms with Crippen LogP contribution in [0.5, 0.6) is 0 Å². The molecule has 0 fully saturated rings. The van der Waals surface area contributed by atoms with Gasteiger partial charge in [0.1, 0.15) is 6.29 Å². The van der Waals surface area contributed by atoms with Crippen LogP contribution in [0.25, 0.3) is 0 Å². The molecule has 0 radical (unpaired) electrons. The van der Waals surface area contributed by atoms with Crippen molar-refractivity contribution < 1.29 is 4.79 Å². The second-order valence-corrected chi connectivity index (χ2v) is 3.70. The van der Waals surface area contributed by atoms with Crippen LogP contribution in [0.3, 0.4) is 0 Å². The van der Waals surface area contributed by atoms with Crippen LogP contribution in [-0.4, -0.2) is 19.4 Å². The summed E-state index contributed by atoms with van der Waals surface area (Å²) >= 11 is 0. The Kier molecular flexibility index (Phi) is 3.18. The summed E-state index contributed by atoms with van der Waals surface area (Å²) in [6, 6.07) is 8.51. The molecule has 15 heavy (non-hydrogen) atoms. The minimum absolute atomic E-state index is 0.523. The van der Waals surface area contributed by atoms with Crippen molar-refractivity contribution in [3.05, 3.63) is 42.0 Å². The van der Waals surface area contributed by atoms with E-state index in [0.717, 1.165) is 25.8 Å². The number of carbonyl (C=O) groups is 1. The highest BCUT2D eigenvalue weighted by molar-refractivity contribution is 5.58. The molecule has 0 amide bonds. The van der Waals surface area contributed by atoms with E-state index in [1.165, 1.54) is 11.3 Å². The molecule has 0 aromatic heterocycles. The number of rotatable bonds is 4. The van der Waals surface area contributed by atoms with E-state index in [0.29, 0.717) is 6.42 Å². The summed E-state index contributed by atoms with van der Waals surface area (Å²) in [5, 5.41) is 0. The number of hydrogen-bond acceptors (Lipinski definition) is 2. The summed E-state index contributed by atoms with van der Waals surface area (Å²) in [5.74, 6) is 0. The van der Waals surface area contributed by atoms with E-state index >= 15 is 0 Å². The highest BCUT2D eigenvalue weighted by Gasteiger charge is 2.16.